The average Bonchev–Trinajstić information content (AvgIpc) is 2.92. The highest BCUT2D eigenvalue weighted by Gasteiger charge is 2.25. The number of hydrogen-bond donors (Lipinski definition) is 1. The predicted molar refractivity (Wildman–Crippen MR) is 100 cm³/mol. The average molecular weight is 363 g/mol. The summed E-state index contributed by atoms with van der Waals surface area (Å²) in [6.45, 7) is 9.98. The molecule has 1 aliphatic heterocycles. The zero-order chi connectivity index (χ0) is 18.8. The second-order valence-corrected chi connectivity index (χ2v) is 7.41. The summed E-state index contributed by atoms with van der Waals surface area (Å²) in [6, 6.07) is 0. The van der Waals surface area contributed by atoms with Gasteiger partial charge in [0.2, 0.25) is 0 Å². The number of fused-ring (bicyclic) bond motifs is 1. The van der Waals surface area contributed by atoms with Crippen LogP contribution >= 0.6 is 0 Å². The van der Waals surface area contributed by atoms with E-state index in [4.69, 9.17) is 4.74 Å². The summed E-state index contributed by atoms with van der Waals surface area (Å²) in [5.74, 6) is 1.26. The van der Waals surface area contributed by atoms with Gasteiger partial charge in [-0.2, -0.15) is 0 Å². The van der Waals surface area contributed by atoms with Gasteiger partial charge >= 0.3 is 5.69 Å². The third-order valence-corrected chi connectivity index (χ3v) is 5.13. The first-order valence-corrected chi connectivity index (χ1v) is 9.44. The van der Waals surface area contributed by atoms with Crippen LogP contribution in [0.25, 0.3) is 11.2 Å². The Labute approximate surface area is 152 Å². The minimum atomic E-state index is -0.383. The molecule has 1 N–H and O–H groups in total. The smallest absolute Gasteiger partial charge is 0.330 e. The molecule has 0 saturated carbocycles. The van der Waals surface area contributed by atoms with Gasteiger partial charge in [-0.05, 0) is 12.3 Å². The molecule has 2 aromatic heterocycles. The van der Waals surface area contributed by atoms with Crippen molar-refractivity contribution in [2.24, 2.45) is 13.0 Å². The van der Waals surface area contributed by atoms with Crippen LogP contribution in [0.3, 0.4) is 0 Å². The molecule has 1 atom stereocenters. The number of rotatable bonds is 6. The molecule has 0 spiro atoms. The van der Waals surface area contributed by atoms with Crippen LogP contribution < -0.4 is 11.2 Å². The molecule has 8 nitrogen and oxygen atoms in total. The Morgan fingerprint density at radius 2 is 2.12 bits per heavy atom. The lowest BCUT2D eigenvalue weighted by Crippen LogP contribution is -2.44. The highest BCUT2D eigenvalue weighted by Crippen LogP contribution is 2.17. The second-order valence-electron chi connectivity index (χ2n) is 7.41. The molecule has 0 amide bonds. The highest BCUT2D eigenvalue weighted by atomic mass is 16.5. The summed E-state index contributed by atoms with van der Waals surface area (Å²) in [4.78, 5) is 34.0. The van der Waals surface area contributed by atoms with E-state index in [0.29, 0.717) is 36.8 Å². The van der Waals surface area contributed by atoms with E-state index >= 15 is 0 Å². The van der Waals surface area contributed by atoms with Crippen LogP contribution in [0.4, 0.5) is 0 Å². The maximum atomic E-state index is 12.3. The van der Waals surface area contributed by atoms with Crippen molar-refractivity contribution in [1.82, 2.24) is 24.0 Å². The van der Waals surface area contributed by atoms with Gasteiger partial charge in [0, 0.05) is 26.7 Å². The molecule has 1 fully saturated rings. The molecule has 0 aliphatic carbocycles. The Hall–Kier alpha value is -1.93. The molecule has 26 heavy (non-hydrogen) atoms. The number of imidazole rings is 1. The van der Waals surface area contributed by atoms with Gasteiger partial charge in [0.05, 0.1) is 19.3 Å². The summed E-state index contributed by atoms with van der Waals surface area (Å²) in [7, 11) is 1.84. The van der Waals surface area contributed by atoms with Crippen molar-refractivity contribution in [3.63, 3.8) is 0 Å². The van der Waals surface area contributed by atoms with Gasteiger partial charge in [-0.1, -0.05) is 27.2 Å². The third-order valence-electron chi connectivity index (χ3n) is 5.13. The van der Waals surface area contributed by atoms with Gasteiger partial charge in [-0.25, -0.2) is 9.78 Å². The van der Waals surface area contributed by atoms with Crippen molar-refractivity contribution in [1.29, 1.82) is 0 Å². The van der Waals surface area contributed by atoms with Gasteiger partial charge < -0.3 is 9.30 Å². The van der Waals surface area contributed by atoms with E-state index in [1.54, 1.807) is 4.57 Å². The first-order chi connectivity index (χ1) is 12.4. The van der Waals surface area contributed by atoms with Crippen LogP contribution in [-0.2, 0) is 24.9 Å². The number of unbranched alkanes of at least 4 members (excludes halogenated alkanes) is 1. The summed E-state index contributed by atoms with van der Waals surface area (Å²) in [5.41, 5.74) is 0.190. The number of aromatic nitrogens is 4. The number of nitrogens with zero attached hydrogens (tertiary/aromatic N) is 4. The predicted octanol–water partition coefficient (Wildman–Crippen LogP) is 1.08. The second kappa shape index (κ2) is 7.75. The lowest BCUT2D eigenvalue weighted by atomic mass is 10.1. The number of hydrogen-bond acceptors (Lipinski definition) is 5. The van der Waals surface area contributed by atoms with Crippen LogP contribution in [-0.4, -0.2) is 49.8 Å². The van der Waals surface area contributed by atoms with E-state index in [2.05, 4.69) is 35.6 Å². The third kappa shape index (κ3) is 3.61. The molecule has 0 aromatic carbocycles. The minimum absolute atomic E-state index is 0.213. The van der Waals surface area contributed by atoms with E-state index < -0.39 is 0 Å². The molecular weight excluding hydrogens is 334 g/mol. The minimum Gasteiger partial charge on any atom is -0.375 e. The summed E-state index contributed by atoms with van der Waals surface area (Å²) < 4.78 is 9.22. The fraction of sp³-hybridized carbons (Fsp3) is 0.722. The van der Waals surface area contributed by atoms with E-state index in [0.717, 1.165) is 31.8 Å². The van der Waals surface area contributed by atoms with Crippen LogP contribution in [0.15, 0.2) is 9.59 Å². The van der Waals surface area contributed by atoms with E-state index in [9.17, 15) is 9.59 Å². The van der Waals surface area contributed by atoms with Gasteiger partial charge in [0.25, 0.3) is 5.56 Å². The van der Waals surface area contributed by atoms with Gasteiger partial charge in [-0.15, -0.1) is 0 Å². The maximum absolute atomic E-state index is 12.3. The van der Waals surface area contributed by atoms with Crippen molar-refractivity contribution in [3.8, 4) is 0 Å². The number of H-pyrrole nitrogens is 1. The lowest BCUT2D eigenvalue weighted by molar-refractivity contribution is -0.0537. The number of nitrogens with one attached hydrogen (secondary N) is 1. The van der Waals surface area contributed by atoms with Gasteiger partial charge in [0.15, 0.2) is 11.2 Å². The monoisotopic (exact) mass is 363 g/mol. The number of ether oxygens (including phenoxy) is 1. The van der Waals surface area contributed by atoms with Gasteiger partial charge in [0.1, 0.15) is 5.82 Å². The fourth-order valence-corrected chi connectivity index (χ4v) is 3.43. The summed E-state index contributed by atoms with van der Waals surface area (Å²) in [6.07, 6.45) is 2.05. The van der Waals surface area contributed by atoms with Crippen LogP contribution in [0.2, 0.25) is 0 Å². The molecular formula is C18H29N5O3. The van der Waals surface area contributed by atoms with Crippen LogP contribution in [0.5, 0.6) is 0 Å². The zero-order valence-electron chi connectivity index (χ0n) is 16.1. The largest absolute Gasteiger partial charge is 0.375 e. The quantitative estimate of drug-likeness (QED) is 0.830. The van der Waals surface area contributed by atoms with Crippen molar-refractivity contribution < 1.29 is 4.74 Å². The molecule has 3 heterocycles. The molecule has 8 heteroatoms. The molecule has 144 valence electrons. The zero-order valence-corrected chi connectivity index (χ0v) is 16.1. The molecule has 1 saturated heterocycles. The van der Waals surface area contributed by atoms with Crippen molar-refractivity contribution in [3.05, 3.63) is 26.7 Å². The van der Waals surface area contributed by atoms with Gasteiger partial charge in [-0.3, -0.25) is 19.2 Å². The van der Waals surface area contributed by atoms with Crippen LogP contribution in [0, 0.1) is 5.92 Å². The Kier molecular flexibility index (Phi) is 5.62. The van der Waals surface area contributed by atoms with Crippen molar-refractivity contribution in [2.75, 3.05) is 19.7 Å². The summed E-state index contributed by atoms with van der Waals surface area (Å²) in [5, 5.41) is 0. The molecule has 3 rings (SSSR count). The van der Waals surface area contributed by atoms with Crippen molar-refractivity contribution >= 4 is 11.2 Å². The molecule has 1 unspecified atom stereocenters. The van der Waals surface area contributed by atoms with E-state index in [-0.39, 0.29) is 17.4 Å². The highest BCUT2D eigenvalue weighted by molar-refractivity contribution is 5.70. The Morgan fingerprint density at radius 1 is 1.35 bits per heavy atom. The van der Waals surface area contributed by atoms with Crippen LogP contribution in [0.1, 0.15) is 39.4 Å². The fourth-order valence-electron chi connectivity index (χ4n) is 3.43. The molecule has 0 radical (unpaired) electrons. The van der Waals surface area contributed by atoms with Crippen molar-refractivity contribution in [2.45, 2.75) is 52.8 Å². The normalized spacial score (nSPS) is 18.9. The Morgan fingerprint density at radius 3 is 2.81 bits per heavy atom. The SMILES string of the molecule is CCCCn1c(=O)[nH]c(=O)c2c1nc(CN1CCOC(C(C)C)C1)n2C. The van der Waals surface area contributed by atoms with E-state index in [1.807, 2.05) is 11.6 Å². The first-order valence-electron chi connectivity index (χ1n) is 9.44. The number of morpholine rings is 1. The number of aromatic amines is 1. The van der Waals surface area contributed by atoms with E-state index in [1.165, 1.54) is 0 Å². The number of aryl methyl sites for hydroxylation is 2. The Balaban J connectivity index is 1.94. The standard InChI is InChI=1S/C18H29N5O3/c1-5-6-7-23-16-15(17(24)20-18(23)25)21(4)14(19-16)11-22-8-9-26-13(10-22)12(2)3/h12-13H,5-11H2,1-4H3,(H,20,24,25). The molecule has 1 aliphatic rings. The maximum Gasteiger partial charge on any atom is 0.330 e. The summed E-state index contributed by atoms with van der Waals surface area (Å²) >= 11 is 0. The molecule has 2 aromatic rings. The first kappa shape index (κ1) is 18.8. The Bertz CT molecular complexity index is 879. The lowest BCUT2D eigenvalue weighted by Gasteiger charge is -2.34. The molecule has 0 bridgehead atoms. The topological polar surface area (TPSA) is 85.2 Å².